The van der Waals surface area contributed by atoms with E-state index in [1.807, 2.05) is 49.4 Å². The van der Waals surface area contributed by atoms with E-state index in [2.05, 4.69) is 5.32 Å². The lowest BCUT2D eigenvalue weighted by Crippen LogP contribution is -2.23. The number of amides is 1. The summed E-state index contributed by atoms with van der Waals surface area (Å²) in [6, 6.07) is 15.4. The maximum atomic E-state index is 12.5. The van der Waals surface area contributed by atoms with Gasteiger partial charge in [-0.25, -0.2) is 0 Å². The van der Waals surface area contributed by atoms with E-state index in [1.54, 1.807) is 6.07 Å². The zero-order valence-corrected chi connectivity index (χ0v) is 11.9. The summed E-state index contributed by atoms with van der Waals surface area (Å²) in [6.45, 7) is 1.90. The predicted octanol–water partition coefficient (Wildman–Crippen LogP) is 3.38. The quantitative estimate of drug-likeness (QED) is 0.916. The summed E-state index contributed by atoms with van der Waals surface area (Å²) in [4.78, 5) is 24.9. The van der Waals surface area contributed by atoms with Gasteiger partial charge >= 0.3 is 0 Å². The molecule has 1 unspecified atom stereocenters. The smallest absolute Gasteiger partial charge is 0.228 e. The number of Topliss-reactive ketones (excluding diaryl/α,β-unsaturated/α-hetero) is 1. The fraction of sp³-hybridized carbons (Fsp3) is 0.222. The summed E-state index contributed by atoms with van der Waals surface area (Å²) in [5.74, 6) is -0.342. The molecule has 0 saturated heterocycles. The SMILES string of the molecule is Cc1cccc2c1C(=O)CC(Cc1ccccc1)C(=O)N2. The third-order valence-electron chi connectivity index (χ3n) is 3.94. The van der Waals surface area contributed by atoms with E-state index in [4.69, 9.17) is 0 Å². The number of benzene rings is 2. The molecule has 1 heterocycles. The summed E-state index contributed by atoms with van der Waals surface area (Å²) >= 11 is 0. The molecule has 2 aromatic rings. The third-order valence-corrected chi connectivity index (χ3v) is 3.94. The van der Waals surface area contributed by atoms with E-state index in [0.29, 0.717) is 17.7 Å². The molecule has 1 N–H and O–H groups in total. The number of nitrogens with one attached hydrogen (secondary N) is 1. The van der Waals surface area contributed by atoms with Crippen LogP contribution in [-0.4, -0.2) is 11.7 Å². The Kier molecular flexibility index (Phi) is 3.57. The lowest BCUT2D eigenvalue weighted by Gasteiger charge is -2.12. The molecule has 1 amide bonds. The van der Waals surface area contributed by atoms with Crippen molar-refractivity contribution in [1.29, 1.82) is 0 Å². The van der Waals surface area contributed by atoms with Crippen molar-refractivity contribution in [2.45, 2.75) is 19.8 Å². The minimum Gasteiger partial charge on any atom is -0.325 e. The first-order chi connectivity index (χ1) is 10.1. The maximum Gasteiger partial charge on any atom is 0.228 e. The molecular formula is C18H17NO2. The fourth-order valence-electron chi connectivity index (χ4n) is 2.86. The molecule has 21 heavy (non-hydrogen) atoms. The van der Waals surface area contributed by atoms with Gasteiger partial charge in [-0.2, -0.15) is 0 Å². The van der Waals surface area contributed by atoms with Crippen molar-refractivity contribution in [3.8, 4) is 0 Å². The summed E-state index contributed by atoms with van der Waals surface area (Å²) in [7, 11) is 0. The minimum absolute atomic E-state index is 0.0439. The summed E-state index contributed by atoms with van der Waals surface area (Å²) in [5, 5.41) is 2.90. The first kappa shape index (κ1) is 13.6. The van der Waals surface area contributed by atoms with Crippen LogP contribution in [0.4, 0.5) is 5.69 Å². The zero-order chi connectivity index (χ0) is 14.8. The molecule has 0 spiro atoms. The van der Waals surface area contributed by atoms with Gasteiger partial charge in [0.2, 0.25) is 5.91 Å². The number of aryl methyl sites for hydroxylation is 1. The molecule has 0 bridgehead atoms. The van der Waals surface area contributed by atoms with Crippen LogP contribution in [0.3, 0.4) is 0 Å². The second-order valence-electron chi connectivity index (χ2n) is 5.50. The van der Waals surface area contributed by atoms with Gasteiger partial charge in [-0.3, -0.25) is 9.59 Å². The Hall–Kier alpha value is -2.42. The molecule has 1 aliphatic heterocycles. The number of fused-ring (bicyclic) bond motifs is 1. The average molecular weight is 279 g/mol. The molecule has 1 atom stereocenters. The summed E-state index contributed by atoms with van der Waals surface area (Å²) in [6.07, 6.45) is 0.851. The van der Waals surface area contributed by atoms with Gasteiger partial charge < -0.3 is 5.32 Å². The Morgan fingerprint density at radius 2 is 1.81 bits per heavy atom. The van der Waals surface area contributed by atoms with Crippen LogP contribution in [0.1, 0.15) is 27.9 Å². The Morgan fingerprint density at radius 3 is 2.57 bits per heavy atom. The third kappa shape index (κ3) is 2.72. The first-order valence-electron chi connectivity index (χ1n) is 7.13. The largest absolute Gasteiger partial charge is 0.325 e. The van der Waals surface area contributed by atoms with E-state index < -0.39 is 0 Å². The van der Waals surface area contributed by atoms with Crippen molar-refractivity contribution < 1.29 is 9.59 Å². The van der Waals surface area contributed by atoms with Crippen molar-refractivity contribution in [3.05, 3.63) is 65.2 Å². The van der Waals surface area contributed by atoms with Gasteiger partial charge in [0, 0.05) is 17.9 Å². The van der Waals surface area contributed by atoms with Crippen LogP contribution >= 0.6 is 0 Å². The van der Waals surface area contributed by atoms with Crippen molar-refractivity contribution in [1.82, 2.24) is 0 Å². The normalized spacial score (nSPS) is 17.9. The highest BCUT2D eigenvalue weighted by Crippen LogP contribution is 2.28. The van der Waals surface area contributed by atoms with Crippen LogP contribution in [0.15, 0.2) is 48.5 Å². The molecule has 0 fully saturated rings. The Morgan fingerprint density at radius 1 is 1.05 bits per heavy atom. The highest BCUT2D eigenvalue weighted by atomic mass is 16.2. The van der Waals surface area contributed by atoms with Gasteiger partial charge in [-0.15, -0.1) is 0 Å². The van der Waals surface area contributed by atoms with Crippen molar-refractivity contribution >= 4 is 17.4 Å². The van der Waals surface area contributed by atoms with Gasteiger partial charge in [0.25, 0.3) is 0 Å². The second kappa shape index (κ2) is 5.52. The Bertz CT molecular complexity index is 692. The van der Waals surface area contributed by atoms with Crippen LogP contribution < -0.4 is 5.32 Å². The molecule has 0 radical (unpaired) electrons. The molecule has 2 aromatic carbocycles. The summed E-state index contributed by atoms with van der Waals surface area (Å²) in [5.41, 5.74) is 3.29. The maximum absolute atomic E-state index is 12.5. The lowest BCUT2D eigenvalue weighted by atomic mass is 9.92. The van der Waals surface area contributed by atoms with Crippen LogP contribution in [0.2, 0.25) is 0 Å². The van der Waals surface area contributed by atoms with Crippen LogP contribution in [0.25, 0.3) is 0 Å². The molecular weight excluding hydrogens is 262 g/mol. The number of hydrogen-bond acceptors (Lipinski definition) is 2. The van der Waals surface area contributed by atoms with Crippen LogP contribution in [-0.2, 0) is 11.2 Å². The molecule has 3 heteroatoms. The molecule has 0 aromatic heterocycles. The fourth-order valence-corrected chi connectivity index (χ4v) is 2.86. The standard InChI is InChI=1S/C18H17NO2/c1-12-6-5-9-15-17(12)16(20)11-14(18(21)19-15)10-13-7-3-2-4-8-13/h2-9,14H,10-11H2,1H3,(H,19,21). The molecule has 1 aliphatic rings. The molecule has 106 valence electrons. The van der Waals surface area contributed by atoms with Crippen LogP contribution in [0.5, 0.6) is 0 Å². The molecule has 3 rings (SSSR count). The van der Waals surface area contributed by atoms with E-state index >= 15 is 0 Å². The number of hydrogen-bond donors (Lipinski definition) is 1. The minimum atomic E-state index is -0.313. The number of carbonyl (C=O) groups is 2. The van der Waals surface area contributed by atoms with Crippen molar-refractivity contribution in [3.63, 3.8) is 0 Å². The average Bonchev–Trinajstić information content (AvgIpc) is 2.58. The van der Waals surface area contributed by atoms with Crippen molar-refractivity contribution in [2.24, 2.45) is 5.92 Å². The number of carbonyl (C=O) groups excluding carboxylic acids is 2. The summed E-state index contributed by atoms with van der Waals surface area (Å²) < 4.78 is 0. The topological polar surface area (TPSA) is 46.2 Å². The Balaban J connectivity index is 1.90. The number of anilines is 1. The van der Waals surface area contributed by atoms with Crippen molar-refractivity contribution in [2.75, 3.05) is 5.32 Å². The highest BCUT2D eigenvalue weighted by molar-refractivity contribution is 6.10. The molecule has 0 saturated carbocycles. The monoisotopic (exact) mass is 279 g/mol. The molecule has 0 aliphatic carbocycles. The molecule has 3 nitrogen and oxygen atoms in total. The van der Waals surface area contributed by atoms with Gasteiger partial charge in [0.1, 0.15) is 0 Å². The first-order valence-corrected chi connectivity index (χ1v) is 7.13. The Labute approximate surface area is 124 Å². The van der Waals surface area contributed by atoms with E-state index in [9.17, 15) is 9.59 Å². The van der Waals surface area contributed by atoms with E-state index in [1.165, 1.54) is 0 Å². The predicted molar refractivity (Wildman–Crippen MR) is 82.4 cm³/mol. The number of rotatable bonds is 2. The highest BCUT2D eigenvalue weighted by Gasteiger charge is 2.29. The van der Waals surface area contributed by atoms with Crippen LogP contribution in [0, 0.1) is 12.8 Å². The van der Waals surface area contributed by atoms with Gasteiger partial charge in [-0.05, 0) is 30.5 Å². The van der Waals surface area contributed by atoms with Gasteiger partial charge in [0.05, 0.1) is 5.69 Å². The van der Waals surface area contributed by atoms with Gasteiger partial charge in [0.15, 0.2) is 5.78 Å². The van der Waals surface area contributed by atoms with Gasteiger partial charge in [-0.1, -0.05) is 42.5 Å². The second-order valence-corrected chi connectivity index (χ2v) is 5.50. The lowest BCUT2D eigenvalue weighted by molar-refractivity contribution is -0.119. The number of ketones is 1. The zero-order valence-electron chi connectivity index (χ0n) is 11.9. The van der Waals surface area contributed by atoms with E-state index in [-0.39, 0.29) is 24.0 Å². The van der Waals surface area contributed by atoms with E-state index in [0.717, 1.165) is 11.1 Å².